The molecule has 0 aliphatic rings. The van der Waals surface area contributed by atoms with Gasteiger partial charge in [-0.05, 0) is 31.0 Å². The lowest BCUT2D eigenvalue weighted by atomic mass is 10.2. The predicted octanol–water partition coefficient (Wildman–Crippen LogP) is 1.46. The van der Waals surface area contributed by atoms with Gasteiger partial charge in [0.25, 0.3) is 0 Å². The van der Waals surface area contributed by atoms with Gasteiger partial charge in [0.2, 0.25) is 21.8 Å². The van der Waals surface area contributed by atoms with Crippen LogP contribution >= 0.6 is 0 Å². The van der Waals surface area contributed by atoms with Gasteiger partial charge < -0.3 is 4.74 Å². The van der Waals surface area contributed by atoms with Gasteiger partial charge in [-0.15, -0.1) is 6.58 Å². The summed E-state index contributed by atoms with van der Waals surface area (Å²) in [4.78, 5) is 22.7. The summed E-state index contributed by atoms with van der Waals surface area (Å²) in [5, 5.41) is 2.08. The lowest BCUT2D eigenvalue weighted by Crippen LogP contribution is -2.42. The number of nitrogens with one attached hydrogen (secondary N) is 1. The lowest BCUT2D eigenvalue weighted by Gasteiger charge is -2.21. The Kier molecular flexibility index (Phi) is 8.30. The second-order valence-corrected chi connectivity index (χ2v) is 7.32. The monoisotopic (exact) mass is 368 g/mol. The van der Waals surface area contributed by atoms with E-state index in [4.69, 9.17) is 4.74 Å². The van der Waals surface area contributed by atoms with E-state index in [-0.39, 0.29) is 12.3 Å². The van der Waals surface area contributed by atoms with Crippen LogP contribution in [-0.2, 0) is 25.4 Å². The van der Waals surface area contributed by atoms with Crippen LogP contribution in [0.3, 0.4) is 0 Å². The first-order valence-corrected chi connectivity index (χ1v) is 9.50. The molecule has 0 unspecified atom stereocenters. The third-order valence-corrected chi connectivity index (χ3v) is 4.97. The molecule has 7 nitrogen and oxygen atoms in total. The number of benzene rings is 1. The van der Waals surface area contributed by atoms with E-state index in [1.54, 1.807) is 30.3 Å². The number of carbonyl (C=O) groups is 2. The van der Waals surface area contributed by atoms with Crippen molar-refractivity contribution < 1.29 is 22.7 Å². The van der Waals surface area contributed by atoms with Gasteiger partial charge in [-0.2, -0.15) is 4.31 Å². The summed E-state index contributed by atoms with van der Waals surface area (Å²) in [5.41, 5.74) is 0.557. The van der Waals surface area contributed by atoms with Gasteiger partial charge in [0.05, 0.1) is 18.9 Å². The second-order valence-electron chi connectivity index (χ2n) is 5.35. The predicted molar refractivity (Wildman–Crippen MR) is 95.4 cm³/mol. The van der Waals surface area contributed by atoms with Crippen molar-refractivity contribution in [2.75, 3.05) is 19.7 Å². The van der Waals surface area contributed by atoms with Crippen molar-refractivity contribution in [3.8, 4) is 5.75 Å². The summed E-state index contributed by atoms with van der Waals surface area (Å²) in [7, 11) is -3.75. The second kappa shape index (κ2) is 9.95. The van der Waals surface area contributed by atoms with E-state index in [2.05, 4.69) is 11.9 Å². The molecule has 8 heteroatoms. The van der Waals surface area contributed by atoms with E-state index in [0.29, 0.717) is 24.3 Å². The number of amides is 2. The minimum Gasteiger partial charge on any atom is -0.494 e. The van der Waals surface area contributed by atoms with Crippen LogP contribution in [0.15, 0.2) is 36.9 Å². The normalized spacial score (nSPS) is 11.2. The van der Waals surface area contributed by atoms with Crippen molar-refractivity contribution in [2.24, 2.45) is 0 Å². The first-order valence-electron chi connectivity index (χ1n) is 7.89. The fraction of sp³-hybridized carbons (Fsp3) is 0.412. The molecule has 0 heterocycles. The zero-order chi connectivity index (χ0) is 18.9. The molecule has 0 fully saturated rings. The number of hydrogen-bond acceptors (Lipinski definition) is 5. The molecule has 0 bridgehead atoms. The molecule has 25 heavy (non-hydrogen) atoms. The van der Waals surface area contributed by atoms with Gasteiger partial charge in [-0.25, -0.2) is 8.42 Å². The van der Waals surface area contributed by atoms with E-state index in [9.17, 15) is 18.0 Å². The van der Waals surface area contributed by atoms with Crippen LogP contribution in [0, 0.1) is 0 Å². The van der Waals surface area contributed by atoms with Gasteiger partial charge in [0, 0.05) is 13.5 Å². The largest absolute Gasteiger partial charge is 0.494 e. The zero-order valence-electron chi connectivity index (χ0n) is 14.5. The summed E-state index contributed by atoms with van der Waals surface area (Å²) < 4.78 is 31.8. The Bertz CT molecular complexity index is 716. The summed E-state index contributed by atoms with van der Waals surface area (Å²) in [6.45, 7) is 6.78. The highest BCUT2D eigenvalue weighted by molar-refractivity contribution is 7.88. The van der Waals surface area contributed by atoms with Crippen molar-refractivity contribution >= 4 is 21.8 Å². The molecule has 1 aromatic rings. The standard InChI is InChI=1S/C17H24N2O5S/c1-4-6-10-19(12-17(21)18-14(3)20)25(22,23)13-15-8-7-9-16(11-15)24-5-2/h4,7-9,11H,1,5-6,10,12-13H2,2-3H3,(H,18,20,21). The van der Waals surface area contributed by atoms with E-state index in [1.807, 2.05) is 6.92 Å². The SMILES string of the molecule is C=CCCN(CC(=O)NC(C)=O)S(=O)(=O)Cc1cccc(OCC)c1. The van der Waals surface area contributed by atoms with Gasteiger partial charge in [0.1, 0.15) is 5.75 Å². The Hall–Kier alpha value is -2.19. The number of rotatable bonds is 10. The third kappa shape index (κ3) is 7.49. The van der Waals surface area contributed by atoms with E-state index < -0.39 is 28.4 Å². The van der Waals surface area contributed by atoms with Gasteiger partial charge in [0.15, 0.2) is 0 Å². The average molecular weight is 368 g/mol. The van der Waals surface area contributed by atoms with Crippen LogP contribution in [0.1, 0.15) is 25.8 Å². The molecule has 0 aromatic heterocycles. The summed E-state index contributed by atoms with van der Waals surface area (Å²) in [6, 6.07) is 6.80. The Morgan fingerprint density at radius 1 is 1.36 bits per heavy atom. The van der Waals surface area contributed by atoms with Crippen molar-refractivity contribution in [3.05, 3.63) is 42.5 Å². The summed E-state index contributed by atoms with van der Waals surface area (Å²) >= 11 is 0. The number of nitrogens with zero attached hydrogens (tertiary/aromatic N) is 1. The number of imide groups is 1. The maximum atomic E-state index is 12.7. The lowest BCUT2D eigenvalue weighted by molar-refractivity contribution is -0.129. The molecule has 0 radical (unpaired) electrons. The van der Waals surface area contributed by atoms with Gasteiger partial charge in [-0.3, -0.25) is 14.9 Å². The van der Waals surface area contributed by atoms with Crippen molar-refractivity contribution in [3.63, 3.8) is 0 Å². The quantitative estimate of drug-likeness (QED) is 0.631. The Balaban J connectivity index is 2.93. The van der Waals surface area contributed by atoms with Crippen LogP contribution in [0.5, 0.6) is 5.75 Å². The molecule has 1 aromatic carbocycles. The van der Waals surface area contributed by atoms with Crippen LogP contribution in [-0.4, -0.2) is 44.2 Å². The molecule has 1 rings (SSSR count). The molecule has 1 N–H and O–H groups in total. The molecule has 0 aliphatic carbocycles. The van der Waals surface area contributed by atoms with E-state index >= 15 is 0 Å². The van der Waals surface area contributed by atoms with Crippen molar-refractivity contribution in [1.82, 2.24) is 9.62 Å². The molecule has 0 atom stereocenters. The smallest absolute Gasteiger partial charge is 0.241 e. The Morgan fingerprint density at radius 2 is 2.08 bits per heavy atom. The summed E-state index contributed by atoms with van der Waals surface area (Å²) in [5.74, 6) is -0.876. The zero-order valence-corrected chi connectivity index (χ0v) is 15.3. The highest BCUT2D eigenvalue weighted by atomic mass is 32.2. The van der Waals surface area contributed by atoms with Crippen LogP contribution in [0.25, 0.3) is 0 Å². The average Bonchev–Trinajstić information content (AvgIpc) is 2.50. The number of hydrogen-bond donors (Lipinski definition) is 1. The van der Waals surface area contributed by atoms with Crippen LogP contribution < -0.4 is 10.1 Å². The minimum atomic E-state index is -3.75. The maximum Gasteiger partial charge on any atom is 0.241 e. The van der Waals surface area contributed by atoms with Crippen LogP contribution in [0.2, 0.25) is 0 Å². The van der Waals surface area contributed by atoms with Crippen molar-refractivity contribution in [2.45, 2.75) is 26.0 Å². The number of ether oxygens (including phenoxy) is 1. The van der Waals surface area contributed by atoms with Gasteiger partial charge in [-0.1, -0.05) is 18.2 Å². The Labute approximate surface area is 148 Å². The molecular formula is C17H24N2O5S. The molecule has 2 amide bonds. The maximum absolute atomic E-state index is 12.7. The Morgan fingerprint density at radius 3 is 2.68 bits per heavy atom. The molecule has 0 saturated carbocycles. The van der Waals surface area contributed by atoms with Gasteiger partial charge >= 0.3 is 0 Å². The van der Waals surface area contributed by atoms with Crippen LogP contribution in [0.4, 0.5) is 0 Å². The first-order chi connectivity index (χ1) is 11.8. The van der Waals surface area contributed by atoms with Crippen molar-refractivity contribution in [1.29, 1.82) is 0 Å². The number of carbonyl (C=O) groups excluding carboxylic acids is 2. The fourth-order valence-corrected chi connectivity index (χ4v) is 3.62. The highest BCUT2D eigenvalue weighted by Crippen LogP contribution is 2.17. The minimum absolute atomic E-state index is 0.113. The molecule has 138 valence electrons. The number of sulfonamides is 1. The van der Waals surface area contributed by atoms with E-state index in [0.717, 1.165) is 4.31 Å². The summed E-state index contributed by atoms with van der Waals surface area (Å²) in [6.07, 6.45) is 1.96. The first kappa shape index (κ1) is 20.9. The molecule has 0 spiro atoms. The molecule has 0 aliphatic heterocycles. The fourth-order valence-electron chi connectivity index (χ4n) is 2.14. The molecule has 0 saturated heterocycles. The van der Waals surface area contributed by atoms with E-state index in [1.165, 1.54) is 6.92 Å². The molecular weight excluding hydrogens is 344 g/mol. The third-order valence-electron chi connectivity index (χ3n) is 3.17. The topological polar surface area (TPSA) is 92.8 Å². The highest BCUT2D eigenvalue weighted by Gasteiger charge is 2.25.